The molecule has 86 valence electrons. The molecule has 0 atom stereocenters. The van der Waals surface area contributed by atoms with Gasteiger partial charge in [-0.15, -0.1) is 0 Å². The van der Waals surface area contributed by atoms with Crippen LogP contribution < -0.4 is 0 Å². The second-order valence-electron chi connectivity index (χ2n) is 3.79. The fourth-order valence-electron chi connectivity index (χ4n) is 1.78. The highest BCUT2D eigenvalue weighted by Gasteiger charge is 2.17. The molecule has 0 aromatic heterocycles. The van der Waals surface area contributed by atoms with Crippen molar-refractivity contribution >= 4 is 5.97 Å². The number of carboxylic acid groups (broad SMARTS) is 1. The summed E-state index contributed by atoms with van der Waals surface area (Å²) in [5, 5.41) is 8.98. The van der Waals surface area contributed by atoms with Gasteiger partial charge in [-0.3, -0.25) is 0 Å². The second-order valence-corrected chi connectivity index (χ2v) is 3.79. The standard InChI is InChI=1S/C14H11FO2/c1-9-7-8-11(10-5-3-2-4-6-10)13(15)12(9)14(16)17/h2-8H,1H3,(H,16,17). The quantitative estimate of drug-likeness (QED) is 0.857. The van der Waals surface area contributed by atoms with E-state index in [4.69, 9.17) is 5.11 Å². The van der Waals surface area contributed by atoms with Crippen LogP contribution in [0.4, 0.5) is 4.39 Å². The van der Waals surface area contributed by atoms with Gasteiger partial charge in [0.05, 0.1) is 5.56 Å². The van der Waals surface area contributed by atoms with E-state index >= 15 is 0 Å². The molecule has 0 bridgehead atoms. The summed E-state index contributed by atoms with van der Waals surface area (Å²) in [5.74, 6) is -1.92. The van der Waals surface area contributed by atoms with Gasteiger partial charge in [0.15, 0.2) is 0 Å². The number of hydrogen-bond donors (Lipinski definition) is 1. The molecule has 0 saturated carbocycles. The zero-order chi connectivity index (χ0) is 12.4. The van der Waals surface area contributed by atoms with E-state index in [2.05, 4.69) is 0 Å². The number of carboxylic acids is 1. The summed E-state index contributed by atoms with van der Waals surface area (Å²) in [4.78, 5) is 11.0. The summed E-state index contributed by atoms with van der Waals surface area (Å²) in [6.45, 7) is 1.58. The van der Waals surface area contributed by atoms with Crippen LogP contribution in [-0.4, -0.2) is 11.1 Å². The van der Waals surface area contributed by atoms with Crippen molar-refractivity contribution in [1.29, 1.82) is 0 Å². The third kappa shape index (κ3) is 2.04. The Morgan fingerprint density at radius 3 is 2.35 bits per heavy atom. The van der Waals surface area contributed by atoms with Crippen molar-refractivity contribution in [3.63, 3.8) is 0 Å². The fourth-order valence-corrected chi connectivity index (χ4v) is 1.78. The molecule has 0 radical (unpaired) electrons. The molecule has 0 spiro atoms. The molecule has 2 nitrogen and oxygen atoms in total. The average Bonchev–Trinajstić information content (AvgIpc) is 2.30. The van der Waals surface area contributed by atoms with Crippen molar-refractivity contribution in [2.45, 2.75) is 6.92 Å². The molecule has 17 heavy (non-hydrogen) atoms. The first-order chi connectivity index (χ1) is 8.11. The van der Waals surface area contributed by atoms with Crippen LogP contribution in [0.1, 0.15) is 15.9 Å². The third-order valence-electron chi connectivity index (χ3n) is 2.65. The van der Waals surface area contributed by atoms with Crippen molar-refractivity contribution in [1.82, 2.24) is 0 Å². The molecule has 2 aromatic carbocycles. The molecule has 0 saturated heterocycles. The first-order valence-corrected chi connectivity index (χ1v) is 5.19. The van der Waals surface area contributed by atoms with Gasteiger partial charge >= 0.3 is 5.97 Å². The van der Waals surface area contributed by atoms with Crippen LogP contribution in [0.2, 0.25) is 0 Å². The lowest BCUT2D eigenvalue weighted by Crippen LogP contribution is -2.05. The van der Waals surface area contributed by atoms with Crippen LogP contribution in [0.3, 0.4) is 0 Å². The van der Waals surface area contributed by atoms with Gasteiger partial charge in [0.2, 0.25) is 0 Å². The zero-order valence-corrected chi connectivity index (χ0v) is 9.27. The molecular weight excluding hydrogens is 219 g/mol. The average molecular weight is 230 g/mol. The van der Waals surface area contributed by atoms with Gasteiger partial charge in [-0.25, -0.2) is 9.18 Å². The largest absolute Gasteiger partial charge is 0.478 e. The number of hydrogen-bond acceptors (Lipinski definition) is 1. The summed E-state index contributed by atoms with van der Waals surface area (Å²) in [5.41, 5.74) is 1.15. The van der Waals surface area contributed by atoms with Crippen LogP contribution in [0.15, 0.2) is 42.5 Å². The number of aromatic carboxylic acids is 1. The minimum absolute atomic E-state index is 0.258. The van der Waals surface area contributed by atoms with Crippen molar-refractivity contribution in [3.05, 3.63) is 59.4 Å². The van der Waals surface area contributed by atoms with Gasteiger partial charge in [-0.1, -0.05) is 42.5 Å². The van der Waals surface area contributed by atoms with E-state index in [0.29, 0.717) is 16.7 Å². The van der Waals surface area contributed by atoms with Gasteiger partial charge in [0, 0.05) is 5.56 Å². The van der Waals surface area contributed by atoms with E-state index in [9.17, 15) is 9.18 Å². The van der Waals surface area contributed by atoms with Crippen LogP contribution in [0.25, 0.3) is 11.1 Å². The Morgan fingerprint density at radius 2 is 1.76 bits per heavy atom. The highest BCUT2D eigenvalue weighted by molar-refractivity contribution is 5.91. The molecule has 0 heterocycles. The van der Waals surface area contributed by atoms with Crippen LogP contribution >= 0.6 is 0 Å². The Labute approximate surface area is 98.3 Å². The predicted octanol–water partition coefficient (Wildman–Crippen LogP) is 3.50. The lowest BCUT2D eigenvalue weighted by molar-refractivity contribution is 0.0691. The maximum absolute atomic E-state index is 14.1. The molecule has 0 aliphatic rings. The van der Waals surface area contributed by atoms with E-state index in [1.54, 1.807) is 43.3 Å². The number of carbonyl (C=O) groups is 1. The Bertz CT molecular complexity index is 562. The highest BCUT2D eigenvalue weighted by atomic mass is 19.1. The number of aryl methyl sites for hydroxylation is 1. The molecule has 0 unspecified atom stereocenters. The van der Waals surface area contributed by atoms with E-state index < -0.39 is 11.8 Å². The Morgan fingerprint density at radius 1 is 1.12 bits per heavy atom. The summed E-state index contributed by atoms with van der Waals surface area (Å²) < 4.78 is 14.1. The number of benzene rings is 2. The molecule has 2 rings (SSSR count). The van der Waals surface area contributed by atoms with Crippen molar-refractivity contribution < 1.29 is 14.3 Å². The van der Waals surface area contributed by atoms with Crippen molar-refractivity contribution in [3.8, 4) is 11.1 Å². The molecular formula is C14H11FO2. The number of halogens is 1. The van der Waals surface area contributed by atoms with Crippen molar-refractivity contribution in [2.24, 2.45) is 0 Å². The third-order valence-corrected chi connectivity index (χ3v) is 2.65. The lowest BCUT2D eigenvalue weighted by atomic mass is 9.99. The Hall–Kier alpha value is -2.16. The van der Waals surface area contributed by atoms with E-state index in [-0.39, 0.29) is 5.56 Å². The summed E-state index contributed by atoms with van der Waals surface area (Å²) in [6.07, 6.45) is 0. The highest BCUT2D eigenvalue weighted by Crippen LogP contribution is 2.26. The maximum atomic E-state index is 14.1. The maximum Gasteiger partial charge on any atom is 0.338 e. The van der Waals surface area contributed by atoms with E-state index in [0.717, 1.165) is 0 Å². The van der Waals surface area contributed by atoms with Gasteiger partial charge in [-0.2, -0.15) is 0 Å². The first-order valence-electron chi connectivity index (χ1n) is 5.19. The topological polar surface area (TPSA) is 37.3 Å². The Kier molecular flexibility index (Phi) is 2.91. The van der Waals surface area contributed by atoms with Crippen LogP contribution in [-0.2, 0) is 0 Å². The lowest BCUT2D eigenvalue weighted by Gasteiger charge is -2.08. The molecule has 0 aliphatic carbocycles. The van der Waals surface area contributed by atoms with Gasteiger partial charge < -0.3 is 5.11 Å². The fraction of sp³-hybridized carbons (Fsp3) is 0.0714. The van der Waals surface area contributed by atoms with Crippen LogP contribution in [0.5, 0.6) is 0 Å². The van der Waals surface area contributed by atoms with Gasteiger partial charge in [0.1, 0.15) is 5.82 Å². The second kappa shape index (κ2) is 4.37. The van der Waals surface area contributed by atoms with Crippen molar-refractivity contribution in [2.75, 3.05) is 0 Å². The number of rotatable bonds is 2. The first kappa shape index (κ1) is 11.3. The van der Waals surface area contributed by atoms with Gasteiger partial charge in [0.25, 0.3) is 0 Å². The monoisotopic (exact) mass is 230 g/mol. The summed E-state index contributed by atoms with van der Waals surface area (Å²) >= 11 is 0. The minimum Gasteiger partial charge on any atom is -0.478 e. The normalized spacial score (nSPS) is 10.2. The van der Waals surface area contributed by atoms with E-state index in [1.165, 1.54) is 0 Å². The summed E-state index contributed by atoms with van der Waals surface area (Å²) in [7, 11) is 0. The zero-order valence-electron chi connectivity index (χ0n) is 9.27. The molecule has 1 N–H and O–H groups in total. The van der Waals surface area contributed by atoms with Gasteiger partial charge in [-0.05, 0) is 18.1 Å². The molecule has 3 heteroatoms. The van der Waals surface area contributed by atoms with Crippen LogP contribution in [0, 0.1) is 12.7 Å². The smallest absolute Gasteiger partial charge is 0.338 e. The molecule has 0 fully saturated rings. The Balaban J connectivity index is 2.66. The molecule has 2 aromatic rings. The predicted molar refractivity (Wildman–Crippen MR) is 63.5 cm³/mol. The summed E-state index contributed by atoms with van der Waals surface area (Å²) in [6, 6.07) is 12.1. The molecule has 0 amide bonds. The minimum atomic E-state index is -1.24. The SMILES string of the molecule is Cc1ccc(-c2ccccc2)c(F)c1C(=O)O. The van der Waals surface area contributed by atoms with E-state index in [1.807, 2.05) is 6.07 Å². The molecule has 0 aliphatic heterocycles.